The Morgan fingerprint density at radius 3 is 2.67 bits per heavy atom. The first-order valence-electron chi connectivity index (χ1n) is 6.48. The number of hydrogen-bond acceptors (Lipinski definition) is 2. The zero-order chi connectivity index (χ0) is 15.6. The van der Waals surface area contributed by atoms with Gasteiger partial charge in [0.15, 0.2) is 0 Å². The highest BCUT2D eigenvalue weighted by Crippen LogP contribution is 2.26. The largest absolute Gasteiger partial charge is 0.399 e. The van der Waals surface area contributed by atoms with Crippen molar-refractivity contribution < 1.29 is 4.79 Å². The second-order valence-electron chi connectivity index (χ2n) is 4.89. The van der Waals surface area contributed by atoms with Gasteiger partial charge in [-0.2, -0.15) is 0 Å². The summed E-state index contributed by atoms with van der Waals surface area (Å²) in [6.45, 7) is 1.96. The summed E-state index contributed by atoms with van der Waals surface area (Å²) in [5.74, 6) is -0.128. The van der Waals surface area contributed by atoms with E-state index in [9.17, 15) is 4.79 Å². The summed E-state index contributed by atoms with van der Waals surface area (Å²) in [6.07, 6.45) is 0. The summed E-state index contributed by atoms with van der Waals surface area (Å²) in [6, 6.07) is 12.7. The van der Waals surface area contributed by atoms with Gasteiger partial charge in [-0.3, -0.25) is 4.79 Å². The first kappa shape index (κ1) is 15.9. The van der Waals surface area contributed by atoms with E-state index in [1.807, 2.05) is 31.2 Å². The van der Waals surface area contributed by atoms with Crippen molar-refractivity contribution in [3.63, 3.8) is 0 Å². The molecule has 5 heteroatoms. The van der Waals surface area contributed by atoms with Crippen molar-refractivity contribution in [2.75, 3.05) is 12.8 Å². The SMILES string of the molecule is CC(c1cccc(N)c1)N(C)C(=O)c1cc(Br)ccc1Cl. The van der Waals surface area contributed by atoms with Gasteiger partial charge in [0.25, 0.3) is 5.91 Å². The van der Waals surface area contributed by atoms with Crippen molar-refractivity contribution >= 4 is 39.1 Å². The van der Waals surface area contributed by atoms with E-state index in [1.165, 1.54) is 0 Å². The van der Waals surface area contributed by atoms with E-state index >= 15 is 0 Å². The van der Waals surface area contributed by atoms with Crippen LogP contribution in [0.4, 0.5) is 5.69 Å². The van der Waals surface area contributed by atoms with Crippen molar-refractivity contribution in [2.24, 2.45) is 0 Å². The monoisotopic (exact) mass is 366 g/mol. The van der Waals surface area contributed by atoms with Crippen LogP contribution >= 0.6 is 27.5 Å². The molecule has 1 atom stereocenters. The van der Waals surface area contributed by atoms with E-state index in [0.717, 1.165) is 10.0 Å². The average molecular weight is 368 g/mol. The van der Waals surface area contributed by atoms with Gasteiger partial charge in [-0.05, 0) is 42.8 Å². The molecule has 0 saturated heterocycles. The molecule has 0 spiro atoms. The molecule has 110 valence electrons. The summed E-state index contributed by atoms with van der Waals surface area (Å²) in [7, 11) is 1.76. The highest BCUT2D eigenvalue weighted by molar-refractivity contribution is 9.10. The number of rotatable bonds is 3. The lowest BCUT2D eigenvalue weighted by molar-refractivity contribution is 0.0743. The van der Waals surface area contributed by atoms with Crippen LogP contribution in [0.1, 0.15) is 28.9 Å². The van der Waals surface area contributed by atoms with Crippen LogP contribution in [0.15, 0.2) is 46.9 Å². The molecule has 3 nitrogen and oxygen atoms in total. The molecule has 0 aliphatic rings. The summed E-state index contributed by atoms with van der Waals surface area (Å²) < 4.78 is 0.820. The fourth-order valence-corrected chi connectivity index (χ4v) is 2.63. The smallest absolute Gasteiger partial charge is 0.255 e. The molecule has 21 heavy (non-hydrogen) atoms. The molecule has 1 unspecified atom stereocenters. The van der Waals surface area contributed by atoms with E-state index < -0.39 is 0 Å². The molecule has 0 fully saturated rings. The fourth-order valence-electron chi connectivity index (χ4n) is 2.07. The number of nitrogens with zero attached hydrogens (tertiary/aromatic N) is 1. The Labute approximate surface area is 137 Å². The standard InChI is InChI=1S/C16H16BrClN2O/c1-10(11-4-3-5-13(19)8-11)20(2)16(21)14-9-12(17)6-7-15(14)18/h3-10H,19H2,1-2H3. The Kier molecular flexibility index (Phi) is 4.91. The van der Waals surface area contributed by atoms with Gasteiger partial charge in [0, 0.05) is 17.2 Å². The molecule has 2 aromatic rings. The zero-order valence-corrected chi connectivity index (χ0v) is 14.1. The number of amides is 1. The Morgan fingerprint density at radius 2 is 2.00 bits per heavy atom. The lowest BCUT2D eigenvalue weighted by atomic mass is 10.1. The number of halogens is 2. The second kappa shape index (κ2) is 6.50. The van der Waals surface area contributed by atoms with Crippen molar-refractivity contribution in [3.05, 3.63) is 63.1 Å². The number of carbonyl (C=O) groups is 1. The van der Waals surface area contributed by atoms with Crippen LogP contribution in [0.5, 0.6) is 0 Å². The molecule has 2 aromatic carbocycles. The third kappa shape index (κ3) is 3.57. The lowest BCUT2D eigenvalue weighted by Crippen LogP contribution is -2.30. The number of nitrogens with two attached hydrogens (primary N) is 1. The van der Waals surface area contributed by atoms with E-state index in [4.69, 9.17) is 17.3 Å². The van der Waals surface area contributed by atoms with Crippen LogP contribution in [0.25, 0.3) is 0 Å². The number of nitrogen functional groups attached to an aromatic ring is 1. The summed E-state index contributed by atoms with van der Waals surface area (Å²) in [4.78, 5) is 14.3. The zero-order valence-electron chi connectivity index (χ0n) is 11.8. The van der Waals surface area contributed by atoms with Gasteiger partial charge in [-0.25, -0.2) is 0 Å². The van der Waals surface area contributed by atoms with Gasteiger partial charge in [0.2, 0.25) is 0 Å². The normalized spacial score (nSPS) is 12.0. The van der Waals surface area contributed by atoms with Crippen molar-refractivity contribution in [2.45, 2.75) is 13.0 Å². The van der Waals surface area contributed by atoms with Gasteiger partial charge in [0.1, 0.15) is 0 Å². The molecule has 1 amide bonds. The first-order chi connectivity index (χ1) is 9.90. The first-order valence-corrected chi connectivity index (χ1v) is 7.65. The van der Waals surface area contributed by atoms with Crippen molar-refractivity contribution in [1.82, 2.24) is 4.90 Å². The lowest BCUT2D eigenvalue weighted by Gasteiger charge is -2.26. The number of hydrogen-bond donors (Lipinski definition) is 1. The quantitative estimate of drug-likeness (QED) is 0.811. The molecule has 2 rings (SSSR count). The topological polar surface area (TPSA) is 46.3 Å². The predicted octanol–water partition coefficient (Wildman–Crippen LogP) is 4.52. The van der Waals surface area contributed by atoms with Crippen LogP contribution in [-0.4, -0.2) is 17.9 Å². The van der Waals surface area contributed by atoms with E-state index in [1.54, 1.807) is 30.1 Å². The van der Waals surface area contributed by atoms with Gasteiger partial charge >= 0.3 is 0 Å². The van der Waals surface area contributed by atoms with Gasteiger partial charge in [0.05, 0.1) is 16.6 Å². The Morgan fingerprint density at radius 1 is 1.29 bits per heavy atom. The minimum Gasteiger partial charge on any atom is -0.399 e. The minimum atomic E-state index is -0.128. The van der Waals surface area contributed by atoms with Gasteiger partial charge in [-0.15, -0.1) is 0 Å². The molecular weight excluding hydrogens is 352 g/mol. The molecular formula is C16H16BrClN2O. The number of carbonyl (C=O) groups excluding carboxylic acids is 1. The third-order valence-electron chi connectivity index (χ3n) is 3.45. The molecule has 0 aliphatic carbocycles. The van der Waals surface area contributed by atoms with E-state index in [0.29, 0.717) is 16.3 Å². The van der Waals surface area contributed by atoms with Crippen LogP contribution in [-0.2, 0) is 0 Å². The molecule has 0 heterocycles. The van der Waals surface area contributed by atoms with Crippen LogP contribution in [0.2, 0.25) is 5.02 Å². The Balaban J connectivity index is 2.28. The minimum absolute atomic E-state index is 0.101. The highest BCUT2D eigenvalue weighted by atomic mass is 79.9. The maximum atomic E-state index is 12.6. The maximum Gasteiger partial charge on any atom is 0.255 e. The Hall–Kier alpha value is -1.52. The van der Waals surface area contributed by atoms with E-state index in [-0.39, 0.29) is 11.9 Å². The van der Waals surface area contributed by atoms with Gasteiger partial charge in [-0.1, -0.05) is 39.7 Å². The second-order valence-corrected chi connectivity index (χ2v) is 6.21. The summed E-state index contributed by atoms with van der Waals surface area (Å²) >= 11 is 9.48. The fraction of sp³-hybridized carbons (Fsp3) is 0.188. The molecule has 0 aliphatic heterocycles. The third-order valence-corrected chi connectivity index (χ3v) is 4.28. The molecule has 0 saturated carbocycles. The highest BCUT2D eigenvalue weighted by Gasteiger charge is 2.21. The predicted molar refractivity (Wildman–Crippen MR) is 90.5 cm³/mol. The van der Waals surface area contributed by atoms with Crippen LogP contribution < -0.4 is 5.73 Å². The van der Waals surface area contributed by atoms with Crippen molar-refractivity contribution in [1.29, 1.82) is 0 Å². The Bertz CT molecular complexity index is 675. The summed E-state index contributed by atoms with van der Waals surface area (Å²) in [5, 5.41) is 0.440. The maximum absolute atomic E-state index is 12.6. The number of anilines is 1. The van der Waals surface area contributed by atoms with Crippen LogP contribution in [0, 0.1) is 0 Å². The van der Waals surface area contributed by atoms with Crippen molar-refractivity contribution in [3.8, 4) is 0 Å². The van der Waals surface area contributed by atoms with Crippen LogP contribution in [0.3, 0.4) is 0 Å². The summed E-state index contributed by atoms with van der Waals surface area (Å²) in [5.41, 5.74) is 7.94. The molecule has 0 aromatic heterocycles. The average Bonchev–Trinajstić information content (AvgIpc) is 2.47. The molecule has 0 radical (unpaired) electrons. The molecule has 2 N–H and O–H groups in total. The number of benzene rings is 2. The van der Waals surface area contributed by atoms with Gasteiger partial charge < -0.3 is 10.6 Å². The van der Waals surface area contributed by atoms with E-state index in [2.05, 4.69) is 15.9 Å². The molecule has 0 bridgehead atoms.